The number of aliphatic imine (C=N–C) groups is 1. The summed E-state index contributed by atoms with van der Waals surface area (Å²) in [6.45, 7) is 11.1. The summed E-state index contributed by atoms with van der Waals surface area (Å²) in [5.74, 6) is 3.31. The van der Waals surface area contributed by atoms with Gasteiger partial charge >= 0.3 is 0 Å². The van der Waals surface area contributed by atoms with E-state index in [1.54, 1.807) is 0 Å². The van der Waals surface area contributed by atoms with E-state index >= 15 is 0 Å². The van der Waals surface area contributed by atoms with E-state index in [1.807, 2.05) is 20.9 Å². The molecule has 30 heavy (non-hydrogen) atoms. The lowest BCUT2D eigenvalue weighted by Crippen LogP contribution is -2.43. The number of hydrogen-bond acceptors (Lipinski definition) is 6. The van der Waals surface area contributed by atoms with Gasteiger partial charge < -0.3 is 24.5 Å². The first-order valence-corrected chi connectivity index (χ1v) is 10.9. The zero-order valence-electron chi connectivity index (χ0n) is 18.6. The molecule has 172 valence electrons. The number of ether oxygens (including phenoxy) is 2. The van der Waals surface area contributed by atoms with Gasteiger partial charge in [-0.2, -0.15) is 0 Å². The van der Waals surface area contributed by atoms with E-state index in [0.717, 1.165) is 88.7 Å². The number of aryl methyl sites for hydroxylation is 2. The van der Waals surface area contributed by atoms with Gasteiger partial charge in [0, 0.05) is 33.4 Å². The summed E-state index contributed by atoms with van der Waals surface area (Å²) >= 11 is 0. The summed E-state index contributed by atoms with van der Waals surface area (Å²) in [6, 6.07) is 0. The summed E-state index contributed by atoms with van der Waals surface area (Å²) in [6.07, 6.45) is 4.64. The molecule has 1 aromatic rings. The van der Waals surface area contributed by atoms with Crippen LogP contribution in [0.25, 0.3) is 0 Å². The Morgan fingerprint density at radius 2 is 2.03 bits per heavy atom. The first-order chi connectivity index (χ1) is 14.1. The number of hydrogen-bond donors (Lipinski definition) is 2. The van der Waals surface area contributed by atoms with E-state index < -0.39 is 0 Å². The first kappa shape index (κ1) is 25.4. The summed E-state index contributed by atoms with van der Waals surface area (Å²) in [4.78, 5) is 11.3. The number of halogens is 1. The third-order valence-corrected chi connectivity index (χ3v) is 5.78. The molecule has 2 N–H and O–H groups in total. The summed E-state index contributed by atoms with van der Waals surface area (Å²) in [5, 5.41) is 6.86. The molecule has 2 aliphatic heterocycles. The monoisotopic (exact) mass is 535 g/mol. The molecule has 1 aromatic heterocycles. The van der Waals surface area contributed by atoms with Crippen molar-refractivity contribution in [3.8, 4) is 0 Å². The fraction of sp³-hybridized carbons (Fsp3) is 0.810. The largest absolute Gasteiger partial charge is 0.444 e. The van der Waals surface area contributed by atoms with Gasteiger partial charge in [-0.05, 0) is 58.5 Å². The van der Waals surface area contributed by atoms with Gasteiger partial charge in [0.15, 0.2) is 5.96 Å². The second-order valence-electron chi connectivity index (χ2n) is 8.06. The highest BCUT2D eigenvalue weighted by molar-refractivity contribution is 14.0. The van der Waals surface area contributed by atoms with Crippen molar-refractivity contribution in [3.63, 3.8) is 0 Å². The van der Waals surface area contributed by atoms with Crippen molar-refractivity contribution in [2.75, 3.05) is 53.0 Å². The molecule has 0 amide bonds. The Morgan fingerprint density at radius 3 is 2.67 bits per heavy atom. The molecule has 0 aliphatic carbocycles. The molecular formula is C21H38IN5O3. The van der Waals surface area contributed by atoms with Crippen LogP contribution in [0, 0.1) is 19.8 Å². The molecule has 0 aromatic carbocycles. The number of aromatic nitrogens is 1. The minimum atomic E-state index is 0. The van der Waals surface area contributed by atoms with Crippen LogP contribution in [0.4, 0.5) is 0 Å². The molecule has 3 rings (SSSR count). The second kappa shape index (κ2) is 13.5. The number of guanidine groups is 1. The standard InChI is InChI=1S/C21H37N5O3.HI/c1-16-17(2)29-20(25-16)14-26-9-5-18(6-10-26)13-24-21(22-3)23-8-4-11-28-19-7-12-27-15-19;/h18-19H,4-15H2,1-3H3,(H2,22,23,24);1H. The normalized spacial score (nSPS) is 20.9. The van der Waals surface area contributed by atoms with Gasteiger partial charge in [-0.25, -0.2) is 4.98 Å². The minimum absolute atomic E-state index is 0. The molecule has 3 heterocycles. The molecular weight excluding hydrogens is 497 g/mol. The lowest BCUT2D eigenvalue weighted by atomic mass is 9.97. The topological polar surface area (TPSA) is 84.2 Å². The van der Waals surface area contributed by atoms with Crippen LogP contribution >= 0.6 is 24.0 Å². The first-order valence-electron chi connectivity index (χ1n) is 10.9. The maximum absolute atomic E-state index is 5.79. The van der Waals surface area contributed by atoms with Crippen molar-refractivity contribution in [1.82, 2.24) is 20.5 Å². The van der Waals surface area contributed by atoms with E-state index in [9.17, 15) is 0 Å². The molecule has 8 nitrogen and oxygen atoms in total. The zero-order valence-corrected chi connectivity index (χ0v) is 20.9. The van der Waals surface area contributed by atoms with Crippen LogP contribution in [0.5, 0.6) is 0 Å². The SMILES string of the molecule is CN=C(NCCCOC1CCOC1)NCC1CCN(Cc2nc(C)c(C)o2)CC1.I. The van der Waals surface area contributed by atoms with Crippen molar-refractivity contribution in [3.05, 3.63) is 17.3 Å². The van der Waals surface area contributed by atoms with Gasteiger partial charge in [0.2, 0.25) is 5.89 Å². The molecule has 1 unspecified atom stereocenters. The summed E-state index contributed by atoms with van der Waals surface area (Å²) in [5.41, 5.74) is 0.997. The van der Waals surface area contributed by atoms with Crippen LogP contribution in [0.15, 0.2) is 9.41 Å². The lowest BCUT2D eigenvalue weighted by molar-refractivity contribution is 0.0420. The number of nitrogens with one attached hydrogen (secondary N) is 2. The Balaban J connectivity index is 0.00000320. The maximum atomic E-state index is 5.79. The van der Waals surface area contributed by atoms with Crippen LogP contribution in [0.2, 0.25) is 0 Å². The van der Waals surface area contributed by atoms with Gasteiger partial charge in [-0.3, -0.25) is 9.89 Å². The summed E-state index contributed by atoms with van der Waals surface area (Å²) < 4.78 is 16.8. The fourth-order valence-corrected chi connectivity index (χ4v) is 3.78. The molecule has 0 spiro atoms. The van der Waals surface area contributed by atoms with Gasteiger partial charge in [-0.15, -0.1) is 24.0 Å². The molecule has 0 saturated carbocycles. The van der Waals surface area contributed by atoms with Gasteiger partial charge in [0.1, 0.15) is 5.76 Å². The van der Waals surface area contributed by atoms with E-state index in [2.05, 4.69) is 25.5 Å². The zero-order chi connectivity index (χ0) is 20.5. The summed E-state index contributed by atoms with van der Waals surface area (Å²) in [7, 11) is 1.82. The van der Waals surface area contributed by atoms with E-state index in [0.29, 0.717) is 5.92 Å². The van der Waals surface area contributed by atoms with Crippen molar-refractivity contribution in [2.45, 2.75) is 52.2 Å². The highest BCUT2D eigenvalue weighted by Gasteiger charge is 2.21. The fourth-order valence-electron chi connectivity index (χ4n) is 3.78. The number of piperidine rings is 1. The van der Waals surface area contributed by atoms with Crippen molar-refractivity contribution in [2.24, 2.45) is 10.9 Å². The number of rotatable bonds is 9. The predicted molar refractivity (Wildman–Crippen MR) is 129 cm³/mol. The predicted octanol–water partition coefficient (Wildman–Crippen LogP) is 2.48. The highest BCUT2D eigenvalue weighted by atomic mass is 127. The van der Waals surface area contributed by atoms with E-state index in [4.69, 9.17) is 13.9 Å². The number of oxazole rings is 1. The Bertz CT molecular complexity index is 621. The third-order valence-electron chi connectivity index (χ3n) is 5.78. The molecule has 2 saturated heterocycles. The van der Waals surface area contributed by atoms with Crippen LogP contribution in [0.1, 0.15) is 43.0 Å². The van der Waals surface area contributed by atoms with Gasteiger partial charge in [0.05, 0.1) is 24.9 Å². The van der Waals surface area contributed by atoms with Crippen molar-refractivity contribution < 1.29 is 13.9 Å². The average Bonchev–Trinajstić information content (AvgIpc) is 3.35. The van der Waals surface area contributed by atoms with E-state index in [1.165, 1.54) is 12.8 Å². The molecule has 1 atom stereocenters. The van der Waals surface area contributed by atoms with E-state index in [-0.39, 0.29) is 30.1 Å². The number of likely N-dealkylation sites (tertiary alicyclic amines) is 1. The Labute approximate surface area is 197 Å². The highest BCUT2D eigenvalue weighted by Crippen LogP contribution is 2.19. The van der Waals surface area contributed by atoms with Crippen molar-refractivity contribution >= 4 is 29.9 Å². The minimum Gasteiger partial charge on any atom is -0.444 e. The molecule has 0 bridgehead atoms. The second-order valence-corrected chi connectivity index (χ2v) is 8.06. The number of nitrogens with zero attached hydrogens (tertiary/aromatic N) is 3. The molecule has 2 fully saturated rings. The van der Waals surface area contributed by atoms with Crippen LogP contribution in [-0.2, 0) is 16.0 Å². The third kappa shape index (κ3) is 8.32. The Hall–Kier alpha value is -0.910. The van der Waals surface area contributed by atoms with Crippen LogP contribution < -0.4 is 10.6 Å². The molecule has 0 radical (unpaired) electrons. The van der Waals surface area contributed by atoms with Crippen LogP contribution in [-0.4, -0.2) is 75.0 Å². The van der Waals surface area contributed by atoms with Gasteiger partial charge in [0.25, 0.3) is 0 Å². The van der Waals surface area contributed by atoms with Crippen molar-refractivity contribution in [1.29, 1.82) is 0 Å². The Kier molecular flexibility index (Phi) is 11.4. The molecule has 2 aliphatic rings. The lowest BCUT2D eigenvalue weighted by Gasteiger charge is -2.31. The van der Waals surface area contributed by atoms with Crippen LogP contribution in [0.3, 0.4) is 0 Å². The molecule has 9 heteroatoms. The quantitative estimate of drug-likeness (QED) is 0.218. The smallest absolute Gasteiger partial charge is 0.208 e. The Morgan fingerprint density at radius 1 is 1.23 bits per heavy atom. The van der Waals surface area contributed by atoms with Gasteiger partial charge in [-0.1, -0.05) is 0 Å². The maximum Gasteiger partial charge on any atom is 0.208 e. The average molecular weight is 535 g/mol.